The van der Waals surface area contributed by atoms with E-state index in [1.807, 2.05) is 31.4 Å². The minimum atomic E-state index is -0.377. The molecule has 0 saturated carbocycles. The largest absolute Gasteiger partial charge is 0.346 e. The molecule has 0 unspecified atom stereocenters. The lowest BCUT2D eigenvalue weighted by Crippen LogP contribution is -2.11. The standard InChI is InChI=1S/C13H14BrN3O2/c1-15-8-11-5-3-7-16(11)9-10-4-2-6-12(13(10)14)17(18)19/h2-7,15H,8-9H2,1H3. The van der Waals surface area contributed by atoms with Crippen molar-refractivity contribution in [3.63, 3.8) is 0 Å². The molecule has 2 aromatic rings. The lowest BCUT2D eigenvalue weighted by Gasteiger charge is -2.10. The second-order valence-corrected chi connectivity index (χ2v) is 4.96. The van der Waals surface area contributed by atoms with Gasteiger partial charge in [0.2, 0.25) is 0 Å². The minimum Gasteiger partial charge on any atom is -0.346 e. The van der Waals surface area contributed by atoms with Gasteiger partial charge in [-0.1, -0.05) is 12.1 Å². The summed E-state index contributed by atoms with van der Waals surface area (Å²) >= 11 is 3.32. The van der Waals surface area contributed by atoms with E-state index < -0.39 is 0 Å². The number of hydrogen-bond acceptors (Lipinski definition) is 3. The molecule has 5 nitrogen and oxygen atoms in total. The van der Waals surface area contributed by atoms with Gasteiger partial charge in [-0.2, -0.15) is 0 Å². The molecule has 0 bridgehead atoms. The molecular formula is C13H14BrN3O2. The molecule has 0 spiro atoms. The highest BCUT2D eigenvalue weighted by molar-refractivity contribution is 9.10. The normalized spacial score (nSPS) is 10.6. The van der Waals surface area contributed by atoms with Crippen molar-refractivity contribution in [2.75, 3.05) is 7.05 Å². The summed E-state index contributed by atoms with van der Waals surface area (Å²) in [5.74, 6) is 0. The number of rotatable bonds is 5. The molecule has 1 N–H and O–H groups in total. The summed E-state index contributed by atoms with van der Waals surface area (Å²) in [5.41, 5.74) is 2.13. The summed E-state index contributed by atoms with van der Waals surface area (Å²) in [7, 11) is 1.89. The van der Waals surface area contributed by atoms with Crippen LogP contribution in [-0.2, 0) is 13.1 Å². The van der Waals surface area contributed by atoms with E-state index in [2.05, 4.69) is 25.8 Å². The molecular weight excluding hydrogens is 310 g/mol. The van der Waals surface area contributed by atoms with E-state index in [1.165, 1.54) is 6.07 Å². The van der Waals surface area contributed by atoms with Crippen molar-refractivity contribution in [2.24, 2.45) is 0 Å². The van der Waals surface area contributed by atoms with Gasteiger partial charge in [0.05, 0.1) is 4.92 Å². The Kier molecular flexibility index (Phi) is 4.34. The summed E-state index contributed by atoms with van der Waals surface area (Å²) in [6.07, 6.45) is 1.97. The molecule has 0 amide bonds. The van der Waals surface area contributed by atoms with Crippen molar-refractivity contribution in [3.05, 3.63) is 62.4 Å². The molecule has 0 saturated heterocycles. The number of nitrogens with zero attached hydrogens (tertiary/aromatic N) is 2. The second kappa shape index (κ2) is 5.99. The summed E-state index contributed by atoms with van der Waals surface area (Å²) < 4.78 is 2.62. The summed E-state index contributed by atoms with van der Waals surface area (Å²) in [4.78, 5) is 10.5. The van der Waals surface area contributed by atoms with E-state index >= 15 is 0 Å². The van der Waals surface area contributed by atoms with Crippen LogP contribution in [0.2, 0.25) is 0 Å². The first-order chi connectivity index (χ1) is 9.13. The number of hydrogen-bond donors (Lipinski definition) is 1. The Labute approximate surface area is 119 Å². The zero-order valence-electron chi connectivity index (χ0n) is 10.5. The first-order valence-electron chi connectivity index (χ1n) is 5.84. The van der Waals surface area contributed by atoms with Gasteiger partial charge in [0.25, 0.3) is 5.69 Å². The highest BCUT2D eigenvalue weighted by atomic mass is 79.9. The van der Waals surface area contributed by atoms with Crippen molar-refractivity contribution in [3.8, 4) is 0 Å². The number of aromatic nitrogens is 1. The molecule has 6 heteroatoms. The molecule has 100 valence electrons. The topological polar surface area (TPSA) is 60.1 Å². The van der Waals surface area contributed by atoms with Gasteiger partial charge in [0.1, 0.15) is 4.47 Å². The number of nitrogens with one attached hydrogen (secondary N) is 1. The van der Waals surface area contributed by atoms with Crippen molar-refractivity contribution >= 4 is 21.6 Å². The zero-order valence-corrected chi connectivity index (χ0v) is 12.1. The van der Waals surface area contributed by atoms with Crippen LogP contribution in [0, 0.1) is 10.1 Å². The van der Waals surface area contributed by atoms with E-state index in [-0.39, 0.29) is 10.6 Å². The molecule has 0 radical (unpaired) electrons. The van der Waals surface area contributed by atoms with Crippen molar-refractivity contribution in [1.82, 2.24) is 9.88 Å². The van der Waals surface area contributed by atoms with Gasteiger partial charge in [0.15, 0.2) is 0 Å². The van der Waals surface area contributed by atoms with Crippen LogP contribution in [0.5, 0.6) is 0 Å². The molecule has 0 aliphatic heterocycles. The molecule has 0 aliphatic carbocycles. The minimum absolute atomic E-state index is 0.0971. The molecule has 19 heavy (non-hydrogen) atoms. The maximum atomic E-state index is 10.9. The smallest absolute Gasteiger partial charge is 0.283 e. The number of halogens is 1. The van der Waals surface area contributed by atoms with Gasteiger partial charge in [0, 0.05) is 31.0 Å². The van der Waals surface area contributed by atoms with E-state index in [9.17, 15) is 10.1 Å². The monoisotopic (exact) mass is 323 g/mol. The van der Waals surface area contributed by atoms with Gasteiger partial charge in [-0.05, 0) is 40.7 Å². The van der Waals surface area contributed by atoms with Crippen molar-refractivity contribution in [1.29, 1.82) is 0 Å². The van der Waals surface area contributed by atoms with Crippen LogP contribution in [-0.4, -0.2) is 16.5 Å². The highest BCUT2D eigenvalue weighted by Crippen LogP contribution is 2.29. The van der Waals surface area contributed by atoms with E-state index in [1.54, 1.807) is 6.07 Å². The highest BCUT2D eigenvalue weighted by Gasteiger charge is 2.15. The van der Waals surface area contributed by atoms with E-state index in [0.717, 1.165) is 17.8 Å². The Morgan fingerprint density at radius 2 is 2.16 bits per heavy atom. The Morgan fingerprint density at radius 3 is 2.84 bits per heavy atom. The molecule has 1 aromatic heterocycles. The van der Waals surface area contributed by atoms with Crippen LogP contribution in [0.1, 0.15) is 11.3 Å². The van der Waals surface area contributed by atoms with Gasteiger partial charge in [-0.15, -0.1) is 0 Å². The third-order valence-electron chi connectivity index (χ3n) is 2.88. The third-order valence-corrected chi connectivity index (χ3v) is 3.79. The fourth-order valence-electron chi connectivity index (χ4n) is 1.96. The fourth-order valence-corrected chi connectivity index (χ4v) is 2.49. The van der Waals surface area contributed by atoms with Crippen LogP contribution in [0.25, 0.3) is 0 Å². The second-order valence-electron chi connectivity index (χ2n) is 4.17. The van der Waals surface area contributed by atoms with Gasteiger partial charge in [-0.25, -0.2) is 0 Å². The number of benzene rings is 1. The average Bonchev–Trinajstić information content (AvgIpc) is 2.79. The maximum absolute atomic E-state index is 10.9. The fraction of sp³-hybridized carbons (Fsp3) is 0.231. The van der Waals surface area contributed by atoms with E-state index in [0.29, 0.717) is 11.0 Å². The van der Waals surface area contributed by atoms with Crippen LogP contribution in [0.4, 0.5) is 5.69 Å². The Bertz CT molecular complexity index is 595. The lowest BCUT2D eigenvalue weighted by atomic mass is 10.2. The summed E-state index contributed by atoms with van der Waals surface area (Å²) in [6, 6.07) is 9.09. The van der Waals surface area contributed by atoms with Crippen LogP contribution in [0.15, 0.2) is 41.0 Å². The molecule has 0 atom stereocenters. The number of nitro benzene ring substituents is 1. The van der Waals surface area contributed by atoms with E-state index in [4.69, 9.17) is 0 Å². The summed E-state index contributed by atoms with van der Waals surface area (Å²) in [5, 5.41) is 14.0. The Balaban J connectivity index is 2.31. The average molecular weight is 324 g/mol. The Hall–Kier alpha value is -1.66. The summed E-state index contributed by atoms with van der Waals surface area (Å²) in [6.45, 7) is 1.37. The third kappa shape index (κ3) is 3.02. The SMILES string of the molecule is CNCc1cccn1Cc1cccc([N+](=O)[O-])c1Br. The predicted octanol–water partition coefficient (Wildman–Crippen LogP) is 2.93. The Morgan fingerprint density at radius 1 is 1.37 bits per heavy atom. The van der Waals surface area contributed by atoms with Crippen LogP contribution in [0.3, 0.4) is 0 Å². The molecule has 1 heterocycles. The molecule has 1 aromatic carbocycles. The molecule has 2 rings (SSSR count). The van der Waals surface area contributed by atoms with Crippen molar-refractivity contribution < 1.29 is 4.92 Å². The zero-order chi connectivity index (χ0) is 13.8. The first-order valence-corrected chi connectivity index (χ1v) is 6.63. The van der Waals surface area contributed by atoms with Crippen molar-refractivity contribution in [2.45, 2.75) is 13.1 Å². The lowest BCUT2D eigenvalue weighted by molar-refractivity contribution is -0.385. The van der Waals surface area contributed by atoms with Crippen LogP contribution >= 0.6 is 15.9 Å². The van der Waals surface area contributed by atoms with Gasteiger partial charge in [-0.3, -0.25) is 10.1 Å². The predicted molar refractivity (Wildman–Crippen MR) is 77.1 cm³/mol. The van der Waals surface area contributed by atoms with Gasteiger partial charge < -0.3 is 9.88 Å². The van der Waals surface area contributed by atoms with Gasteiger partial charge >= 0.3 is 0 Å². The first kappa shape index (κ1) is 13.8. The molecule has 0 fully saturated rings. The maximum Gasteiger partial charge on any atom is 0.283 e. The quantitative estimate of drug-likeness (QED) is 0.679. The number of nitro groups is 1. The molecule has 0 aliphatic rings. The van der Waals surface area contributed by atoms with Crippen LogP contribution < -0.4 is 5.32 Å².